The number of anilines is 1. The number of pyridine rings is 1. The van der Waals surface area contributed by atoms with Gasteiger partial charge in [-0.25, -0.2) is 19.3 Å². The Labute approximate surface area is 204 Å². The third-order valence-corrected chi connectivity index (χ3v) is 6.46. The molecule has 7 rings (SSSR count). The molecule has 9 nitrogen and oxygen atoms in total. The molecular weight excluding hydrogens is 457 g/mol. The van der Waals surface area contributed by atoms with Crippen LogP contribution in [-0.4, -0.2) is 54.2 Å². The van der Waals surface area contributed by atoms with Crippen molar-refractivity contribution >= 4 is 27.9 Å². The molecule has 176 valence electrons. The fourth-order valence-corrected chi connectivity index (χ4v) is 4.61. The van der Waals surface area contributed by atoms with Crippen LogP contribution in [0.2, 0.25) is 0 Å². The number of aromatic nitrogens is 7. The summed E-state index contributed by atoms with van der Waals surface area (Å²) in [5.74, 6) is 1.08. The lowest BCUT2D eigenvalue weighted by Gasteiger charge is -2.37. The Morgan fingerprint density at radius 3 is 2.78 bits per heavy atom. The van der Waals surface area contributed by atoms with Crippen molar-refractivity contribution in [2.24, 2.45) is 5.73 Å². The van der Waals surface area contributed by atoms with E-state index in [1.54, 1.807) is 24.7 Å². The van der Waals surface area contributed by atoms with Crippen molar-refractivity contribution in [1.29, 1.82) is 0 Å². The van der Waals surface area contributed by atoms with E-state index in [1.807, 2.05) is 30.3 Å². The zero-order valence-electron chi connectivity index (χ0n) is 19.0. The van der Waals surface area contributed by atoms with E-state index in [4.69, 9.17) is 15.7 Å². The van der Waals surface area contributed by atoms with Crippen LogP contribution in [0, 0.1) is 5.82 Å². The number of hydrogen-bond acceptors (Lipinski definition) is 7. The number of nitrogens with two attached hydrogens (primary N) is 1. The van der Waals surface area contributed by atoms with Crippen LogP contribution in [0.15, 0.2) is 67.1 Å². The molecule has 0 bridgehead atoms. The summed E-state index contributed by atoms with van der Waals surface area (Å²) in [7, 11) is 0. The van der Waals surface area contributed by atoms with Gasteiger partial charge in [-0.05, 0) is 35.9 Å². The zero-order valence-corrected chi connectivity index (χ0v) is 19.0. The van der Waals surface area contributed by atoms with E-state index < -0.39 is 0 Å². The number of aromatic amines is 2. The molecule has 1 saturated heterocycles. The lowest BCUT2D eigenvalue weighted by atomic mass is 10.1. The molecule has 0 saturated carbocycles. The molecular formula is C26H20FN9. The maximum Gasteiger partial charge on any atom is 0.160 e. The Morgan fingerprint density at radius 1 is 1.00 bits per heavy atom. The van der Waals surface area contributed by atoms with Gasteiger partial charge in [-0.1, -0.05) is 18.2 Å². The van der Waals surface area contributed by atoms with E-state index in [1.165, 1.54) is 12.1 Å². The van der Waals surface area contributed by atoms with Crippen LogP contribution in [0.5, 0.6) is 0 Å². The number of nitrogens with zero attached hydrogens (tertiary/aromatic N) is 6. The van der Waals surface area contributed by atoms with E-state index in [-0.39, 0.29) is 11.9 Å². The van der Waals surface area contributed by atoms with E-state index >= 15 is 0 Å². The first-order valence-corrected chi connectivity index (χ1v) is 11.5. The summed E-state index contributed by atoms with van der Waals surface area (Å²) in [5, 5.41) is 8.49. The minimum absolute atomic E-state index is 0.181. The number of benzene rings is 2. The summed E-state index contributed by atoms with van der Waals surface area (Å²) in [6.07, 6.45) is 5.19. The molecule has 36 heavy (non-hydrogen) atoms. The molecule has 0 unspecified atom stereocenters. The van der Waals surface area contributed by atoms with Crippen LogP contribution in [-0.2, 0) is 0 Å². The van der Waals surface area contributed by atoms with Gasteiger partial charge in [-0.3, -0.25) is 10.1 Å². The molecule has 0 aliphatic carbocycles. The number of nitrogens with one attached hydrogen (secondary N) is 2. The Morgan fingerprint density at radius 2 is 1.92 bits per heavy atom. The molecule has 1 aliphatic heterocycles. The number of hydrogen-bond donors (Lipinski definition) is 3. The van der Waals surface area contributed by atoms with E-state index in [0.29, 0.717) is 22.7 Å². The molecule has 6 aromatic rings. The summed E-state index contributed by atoms with van der Waals surface area (Å²) in [6, 6.07) is 14.4. The van der Waals surface area contributed by atoms with E-state index in [2.05, 4.69) is 30.0 Å². The number of fused-ring (bicyclic) bond motifs is 2. The van der Waals surface area contributed by atoms with Gasteiger partial charge in [0, 0.05) is 41.8 Å². The summed E-state index contributed by atoms with van der Waals surface area (Å²) in [4.78, 5) is 23.8. The fourth-order valence-electron chi connectivity index (χ4n) is 4.61. The Hall–Kier alpha value is -4.70. The third-order valence-electron chi connectivity index (χ3n) is 6.46. The van der Waals surface area contributed by atoms with Gasteiger partial charge in [0.2, 0.25) is 0 Å². The van der Waals surface area contributed by atoms with Gasteiger partial charge < -0.3 is 15.6 Å². The number of H-pyrrole nitrogens is 2. The average molecular weight is 478 g/mol. The van der Waals surface area contributed by atoms with Crippen molar-refractivity contribution in [3.63, 3.8) is 0 Å². The highest BCUT2D eigenvalue weighted by atomic mass is 19.1. The van der Waals surface area contributed by atoms with Crippen LogP contribution >= 0.6 is 0 Å². The molecule has 4 aromatic heterocycles. The van der Waals surface area contributed by atoms with Crippen molar-refractivity contribution in [1.82, 2.24) is 35.1 Å². The largest absolute Gasteiger partial charge is 0.352 e. The van der Waals surface area contributed by atoms with Crippen molar-refractivity contribution in [3.8, 4) is 33.9 Å². The lowest BCUT2D eigenvalue weighted by molar-refractivity contribution is 0.514. The number of imidazole rings is 1. The molecule has 4 N–H and O–H groups in total. The predicted octanol–water partition coefficient (Wildman–Crippen LogP) is 3.91. The molecule has 5 heterocycles. The predicted molar refractivity (Wildman–Crippen MR) is 136 cm³/mol. The number of rotatable bonds is 4. The molecule has 10 heteroatoms. The summed E-state index contributed by atoms with van der Waals surface area (Å²) in [6.45, 7) is 1.56. The van der Waals surface area contributed by atoms with Crippen molar-refractivity contribution in [2.45, 2.75) is 6.04 Å². The number of halogens is 1. The quantitative estimate of drug-likeness (QED) is 0.351. The maximum absolute atomic E-state index is 13.9. The molecule has 0 atom stereocenters. The maximum atomic E-state index is 13.9. The summed E-state index contributed by atoms with van der Waals surface area (Å²) in [5.41, 5.74) is 11.9. The Balaban J connectivity index is 1.31. The summed E-state index contributed by atoms with van der Waals surface area (Å²) < 4.78 is 13.9. The SMILES string of the molecule is NC1CN(c2cncc(-c3ccc4[nH]nc(-c5nc6c(-c7cccc(F)c7)ccnc6[nH]5)c4c3)n2)C1. The molecule has 1 fully saturated rings. The van der Waals surface area contributed by atoms with Crippen LogP contribution in [0.4, 0.5) is 10.2 Å². The smallest absolute Gasteiger partial charge is 0.160 e. The molecule has 0 radical (unpaired) electrons. The van der Waals surface area contributed by atoms with Crippen LogP contribution in [0.3, 0.4) is 0 Å². The molecule has 0 spiro atoms. The van der Waals surface area contributed by atoms with E-state index in [0.717, 1.165) is 52.2 Å². The second-order valence-corrected chi connectivity index (χ2v) is 8.91. The van der Waals surface area contributed by atoms with Gasteiger partial charge in [0.05, 0.1) is 23.6 Å². The van der Waals surface area contributed by atoms with E-state index in [9.17, 15) is 4.39 Å². The molecule has 2 aromatic carbocycles. The second kappa shape index (κ2) is 7.92. The minimum Gasteiger partial charge on any atom is -0.352 e. The van der Waals surface area contributed by atoms with Gasteiger partial charge in [0.1, 0.15) is 22.8 Å². The lowest BCUT2D eigenvalue weighted by Crippen LogP contribution is -2.56. The van der Waals surface area contributed by atoms with Crippen LogP contribution in [0.1, 0.15) is 0 Å². The standard InChI is InChI=1S/C26H20FN9/c27-16-3-1-2-14(8-16)18-6-7-30-25-23(18)32-26(33-25)24-19-9-15(4-5-20(19)34-35-24)21-10-29-11-22(31-21)36-12-17(28)13-36/h1-11,17H,12-13,28H2,(H,34,35)(H,30,32,33). The average Bonchev–Trinajstić information content (AvgIpc) is 3.50. The van der Waals surface area contributed by atoms with Gasteiger partial charge in [0.25, 0.3) is 0 Å². The first-order chi connectivity index (χ1) is 17.6. The van der Waals surface area contributed by atoms with Crippen molar-refractivity contribution in [2.75, 3.05) is 18.0 Å². The monoisotopic (exact) mass is 477 g/mol. The molecule has 0 amide bonds. The first-order valence-electron chi connectivity index (χ1n) is 11.5. The minimum atomic E-state index is -0.303. The van der Waals surface area contributed by atoms with Gasteiger partial charge in [-0.15, -0.1) is 0 Å². The highest BCUT2D eigenvalue weighted by molar-refractivity contribution is 5.97. The van der Waals surface area contributed by atoms with Gasteiger partial charge >= 0.3 is 0 Å². The molecule has 1 aliphatic rings. The highest BCUT2D eigenvalue weighted by Gasteiger charge is 2.25. The van der Waals surface area contributed by atoms with Crippen molar-refractivity contribution < 1.29 is 4.39 Å². The van der Waals surface area contributed by atoms with Crippen LogP contribution in [0.25, 0.3) is 56.0 Å². The summed E-state index contributed by atoms with van der Waals surface area (Å²) >= 11 is 0. The third kappa shape index (κ3) is 3.38. The van der Waals surface area contributed by atoms with Gasteiger partial charge in [-0.2, -0.15) is 5.10 Å². The zero-order chi connectivity index (χ0) is 24.2. The Bertz CT molecular complexity index is 1750. The van der Waals surface area contributed by atoms with Crippen molar-refractivity contribution in [3.05, 3.63) is 72.9 Å². The topological polar surface area (TPSA) is 125 Å². The normalized spacial score (nSPS) is 14.0. The Kier molecular flexibility index (Phi) is 4.55. The first kappa shape index (κ1) is 20.7. The van der Waals surface area contributed by atoms with Gasteiger partial charge in [0.15, 0.2) is 11.5 Å². The van der Waals surface area contributed by atoms with Crippen LogP contribution < -0.4 is 10.6 Å². The fraction of sp³-hybridized carbons (Fsp3) is 0.115. The second-order valence-electron chi connectivity index (χ2n) is 8.91. The highest BCUT2D eigenvalue weighted by Crippen LogP contribution is 2.32.